The highest BCUT2D eigenvalue weighted by atomic mass is 16.3. The van der Waals surface area contributed by atoms with E-state index in [-0.39, 0.29) is 30.5 Å². The Morgan fingerprint density at radius 2 is 1.81 bits per heavy atom. The van der Waals surface area contributed by atoms with Gasteiger partial charge in [-0.25, -0.2) is 0 Å². The van der Waals surface area contributed by atoms with E-state index in [1.54, 1.807) is 0 Å². The van der Waals surface area contributed by atoms with Crippen LogP contribution in [0.1, 0.15) is 29.2 Å². The number of nitrogens with one attached hydrogen (secondary N) is 1. The number of aliphatic hydroxyl groups excluding tert-OH is 1. The molecule has 3 aromatic rings. The van der Waals surface area contributed by atoms with Crippen molar-refractivity contribution in [1.29, 1.82) is 5.26 Å². The van der Waals surface area contributed by atoms with E-state index in [0.29, 0.717) is 18.5 Å². The Hall–Kier alpha value is -3.62. The smallest absolute Gasteiger partial charge is 0.227 e. The summed E-state index contributed by atoms with van der Waals surface area (Å²) in [6, 6.07) is 25.7. The number of rotatable bonds is 4. The first-order valence-electron chi connectivity index (χ1n) is 11.0. The van der Waals surface area contributed by atoms with Crippen molar-refractivity contribution in [2.45, 2.75) is 24.9 Å². The Morgan fingerprint density at radius 1 is 1.06 bits per heavy atom. The molecular formula is C27H25N3O2. The maximum atomic E-state index is 13.3. The van der Waals surface area contributed by atoms with E-state index in [4.69, 9.17) is 5.26 Å². The average molecular weight is 424 g/mol. The number of amides is 1. The zero-order chi connectivity index (χ0) is 22.1. The molecule has 2 aliphatic heterocycles. The van der Waals surface area contributed by atoms with Crippen molar-refractivity contribution in [3.8, 4) is 17.2 Å². The van der Waals surface area contributed by atoms with Crippen molar-refractivity contribution in [3.63, 3.8) is 0 Å². The van der Waals surface area contributed by atoms with Crippen LogP contribution in [0, 0.1) is 17.2 Å². The van der Waals surface area contributed by atoms with Gasteiger partial charge >= 0.3 is 0 Å². The zero-order valence-electron chi connectivity index (χ0n) is 17.7. The number of aliphatic hydroxyl groups is 1. The molecule has 5 nitrogen and oxygen atoms in total. The minimum atomic E-state index is -0.0669. The molecule has 32 heavy (non-hydrogen) atoms. The predicted octanol–water partition coefficient (Wildman–Crippen LogP) is 4.14. The van der Waals surface area contributed by atoms with Crippen molar-refractivity contribution >= 4 is 11.6 Å². The van der Waals surface area contributed by atoms with Crippen LogP contribution in [-0.4, -0.2) is 35.1 Å². The van der Waals surface area contributed by atoms with E-state index < -0.39 is 0 Å². The number of carbonyl (C=O) groups excluding carboxylic acids is 1. The molecule has 1 saturated heterocycles. The van der Waals surface area contributed by atoms with Crippen LogP contribution in [0.25, 0.3) is 11.1 Å². The number of anilines is 1. The van der Waals surface area contributed by atoms with Gasteiger partial charge in [0.2, 0.25) is 5.91 Å². The predicted molar refractivity (Wildman–Crippen MR) is 124 cm³/mol. The molecule has 1 fully saturated rings. The summed E-state index contributed by atoms with van der Waals surface area (Å²) in [7, 11) is 0. The van der Waals surface area contributed by atoms with Crippen molar-refractivity contribution < 1.29 is 9.90 Å². The third-order valence-corrected chi connectivity index (χ3v) is 6.74. The monoisotopic (exact) mass is 423 g/mol. The average Bonchev–Trinajstić information content (AvgIpc) is 3.30. The molecule has 2 aliphatic rings. The molecule has 0 saturated carbocycles. The number of hydrogen-bond acceptors (Lipinski definition) is 4. The van der Waals surface area contributed by atoms with Crippen LogP contribution in [0.3, 0.4) is 0 Å². The van der Waals surface area contributed by atoms with Crippen LogP contribution < -0.4 is 5.32 Å². The van der Waals surface area contributed by atoms with Gasteiger partial charge in [0.1, 0.15) is 0 Å². The highest BCUT2D eigenvalue weighted by Gasteiger charge is 2.45. The Balaban J connectivity index is 1.50. The number of benzene rings is 3. The topological polar surface area (TPSA) is 76.4 Å². The molecule has 0 unspecified atom stereocenters. The first-order valence-corrected chi connectivity index (χ1v) is 11.0. The minimum Gasteiger partial charge on any atom is -0.394 e. The molecule has 0 spiro atoms. The quantitative estimate of drug-likeness (QED) is 0.661. The van der Waals surface area contributed by atoms with E-state index in [0.717, 1.165) is 34.4 Å². The molecule has 3 atom stereocenters. The molecule has 0 aliphatic carbocycles. The maximum Gasteiger partial charge on any atom is 0.227 e. The van der Waals surface area contributed by atoms with Gasteiger partial charge in [0.25, 0.3) is 0 Å². The number of likely N-dealkylation sites (tertiary alicyclic amines) is 1. The number of carbonyl (C=O) groups is 1. The molecule has 0 aromatic heterocycles. The molecule has 160 valence electrons. The lowest BCUT2D eigenvalue weighted by molar-refractivity contribution is -0.131. The van der Waals surface area contributed by atoms with Gasteiger partial charge in [0.05, 0.1) is 36.7 Å². The van der Waals surface area contributed by atoms with E-state index in [2.05, 4.69) is 17.5 Å². The van der Waals surface area contributed by atoms with Gasteiger partial charge in [0.15, 0.2) is 0 Å². The van der Waals surface area contributed by atoms with Gasteiger partial charge in [-0.2, -0.15) is 5.26 Å². The maximum absolute atomic E-state index is 13.3. The second-order valence-electron chi connectivity index (χ2n) is 8.57. The van der Waals surface area contributed by atoms with Crippen LogP contribution in [0.15, 0.2) is 72.8 Å². The summed E-state index contributed by atoms with van der Waals surface area (Å²) in [5, 5.41) is 22.6. The minimum absolute atomic E-state index is 0.0404. The van der Waals surface area contributed by atoms with E-state index in [9.17, 15) is 9.90 Å². The summed E-state index contributed by atoms with van der Waals surface area (Å²) < 4.78 is 0. The van der Waals surface area contributed by atoms with Crippen molar-refractivity contribution in [3.05, 3.63) is 89.5 Å². The summed E-state index contributed by atoms with van der Waals surface area (Å²) in [4.78, 5) is 15.3. The van der Waals surface area contributed by atoms with Crippen LogP contribution in [0.4, 0.5) is 5.69 Å². The molecule has 2 N–H and O–H groups in total. The highest BCUT2D eigenvalue weighted by Crippen LogP contribution is 2.47. The molecule has 2 heterocycles. The molecule has 5 heteroatoms. The van der Waals surface area contributed by atoms with Gasteiger partial charge in [-0.1, -0.05) is 48.5 Å². The lowest BCUT2D eigenvalue weighted by Crippen LogP contribution is -2.43. The third-order valence-electron chi connectivity index (χ3n) is 6.74. The number of fused-ring (bicyclic) bond motifs is 3. The summed E-state index contributed by atoms with van der Waals surface area (Å²) in [5.41, 5.74) is 5.81. The van der Waals surface area contributed by atoms with Crippen molar-refractivity contribution in [2.24, 2.45) is 5.92 Å². The SMILES string of the molecule is N#Cc1ccc(-c2ccc3c(c2)[C@@H]2[C@@H](CCN2C(=O)Cc2ccccc2)[C@@H](CO)N3)cc1. The van der Waals surface area contributed by atoms with Crippen LogP contribution in [-0.2, 0) is 11.2 Å². The van der Waals surface area contributed by atoms with Crippen LogP contribution >= 0.6 is 0 Å². The zero-order valence-corrected chi connectivity index (χ0v) is 17.7. The second kappa shape index (κ2) is 8.49. The van der Waals surface area contributed by atoms with Gasteiger partial charge in [-0.3, -0.25) is 4.79 Å². The first kappa shape index (κ1) is 20.3. The number of nitriles is 1. The Kier molecular flexibility index (Phi) is 5.38. The molecular weight excluding hydrogens is 398 g/mol. The molecule has 5 rings (SSSR count). The normalized spacial score (nSPS) is 21.2. The standard InChI is InChI=1S/C27H25N3O2/c28-16-19-6-8-20(9-7-19)21-10-11-24-23(15-21)27-22(25(17-31)29-24)12-13-30(27)26(32)14-18-4-2-1-3-5-18/h1-11,15,22,25,27,29,31H,12-14,17H2/t22-,25+,27-/m0/s1. The van der Waals surface area contributed by atoms with E-state index >= 15 is 0 Å². The summed E-state index contributed by atoms with van der Waals surface area (Å²) in [6.07, 6.45) is 1.25. The largest absolute Gasteiger partial charge is 0.394 e. The molecule has 1 amide bonds. The Labute approximate surface area is 187 Å². The van der Waals surface area contributed by atoms with Crippen LogP contribution in [0.5, 0.6) is 0 Å². The lowest BCUT2D eigenvalue weighted by atomic mass is 9.82. The van der Waals surface area contributed by atoms with Crippen LogP contribution in [0.2, 0.25) is 0 Å². The highest BCUT2D eigenvalue weighted by molar-refractivity contribution is 5.81. The van der Waals surface area contributed by atoms with E-state index in [1.807, 2.05) is 71.6 Å². The fourth-order valence-corrected chi connectivity index (χ4v) is 5.13. The molecule has 0 radical (unpaired) electrons. The Bertz CT molecular complexity index is 1170. The summed E-state index contributed by atoms with van der Waals surface area (Å²) >= 11 is 0. The molecule has 0 bridgehead atoms. The second-order valence-corrected chi connectivity index (χ2v) is 8.57. The van der Waals surface area contributed by atoms with E-state index in [1.165, 1.54) is 0 Å². The number of nitrogens with zero attached hydrogens (tertiary/aromatic N) is 2. The van der Waals surface area contributed by atoms with Crippen molar-refractivity contribution in [2.75, 3.05) is 18.5 Å². The van der Waals surface area contributed by atoms with Gasteiger partial charge < -0.3 is 15.3 Å². The first-order chi connectivity index (χ1) is 15.7. The van der Waals surface area contributed by atoms with Crippen molar-refractivity contribution in [1.82, 2.24) is 4.90 Å². The number of hydrogen-bond donors (Lipinski definition) is 2. The fourth-order valence-electron chi connectivity index (χ4n) is 5.13. The Morgan fingerprint density at radius 3 is 2.53 bits per heavy atom. The summed E-state index contributed by atoms with van der Waals surface area (Å²) in [5.74, 6) is 0.292. The molecule has 3 aromatic carbocycles. The van der Waals surface area contributed by atoms with Gasteiger partial charge in [-0.05, 0) is 52.9 Å². The fraction of sp³-hybridized carbons (Fsp3) is 0.259. The summed E-state index contributed by atoms with van der Waals surface area (Å²) in [6.45, 7) is 0.735. The lowest BCUT2D eigenvalue weighted by Gasteiger charge is -2.39. The van der Waals surface area contributed by atoms with Gasteiger partial charge in [-0.15, -0.1) is 0 Å². The third kappa shape index (κ3) is 3.63. The van der Waals surface area contributed by atoms with Gasteiger partial charge in [0, 0.05) is 18.2 Å².